The van der Waals surface area contributed by atoms with Gasteiger partial charge in [-0.25, -0.2) is 0 Å². The summed E-state index contributed by atoms with van der Waals surface area (Å²) in [5, 5.41) is 1.07. The molecule has 0 saturated heterocycles. The summed E-state index contributed by atoms with van der Waals surface area (Å²) >= 11 is 6.21. The lowest BCUT2D eigenvalue weighted by atomic mass is 10.2. The van der Waals surface area contributed by atoms with Crippen molar-refractivity contribution in [2.24, 2.45) is 0 Å². The van der Waals surface area contributed by atoms with Crippen LogP contribution >= 0.6 is 11.6 Å². The lowest BCUT2D eigenvalue weighted by Crippen LogP contribution is -2.41. The van der Waals surface area contributed by atoms with Crippen molar-refractivity contribution in [2.45, 2.75) is 57.8 Å². The van der Waals surface area contributed by atoms with E-state index >= 15 is 0 Å². The van der Waals surface area contributed by atoms with Gasteiger partial charge in [0.2, 0.25) is 0 Å². The molecular formula is C14H22ClNOSi. The van der Waals surface area contributed by atoms with E-state index in [9.17, 15) is 0 Å². The maximum atomic E-state index is 6.46. The Morgan fingerprint density at radius 1 is 1.39 bits per heavy atom. The van der Waals surface area contributed by atoms with Gasteiger partial charge in [0.05, 0.1) is 11.8 Å². The molecule has 0 spiro atoms. The largest absolute Gasteiger partial charge is 0.408 e. The highest BCUT2D eigenvalue weighted by molar-refractivity contribution is 6.74. The van der Waals surface area contributed by atoms with Gasteiger partial charge in [0.25, 0.3) is 0 Å². The highest BCUT2D eigenvalue weighted by Gasteiger charge is 2.41. The van der Waals surface area contributed by atoms with E-state index < -0.39 is 8.32 Å². The summed E-state index contributed by atoms with van der Waals surface area (Å²) in [6, 6.07) is 1.87. The molecule has 0 bridgehead atoms. The topological polar surface area (TPSA) is 22.1 Å². The summed E-state index contributed by atoms with van der Waals surface area (Å²) < 4.78 is 6.46. The van der Waals surface area contributed by atoms with Crippen LogP contribution in [0.5, 0.6) is 0 Å². The summed E-state index contributed by atoms with van der Waals surface area (Å²) in [6.07, 6.45) is 3.92. The standard InChI is InChI=1S/C14H22ClNOSi/c1-14(2,3)18(4,5)17-12-7-6-10-11(15)8-9-16-13(10)12/h8-9,12H,6-7H2,1-5H3. The van der Waals surface area contributed by atoms with Crippen LogP contribution in [0.25, 0.3) is 0 Å². The molecule has 0 amide bonds. The fourth-order valence-electron chi connectivity index (χ4n) is 2.07. The van der Waals surface area contributed by atoms with Crippen LogP contribution in [0.2, 0.25) is 23.2 Å². The summed E-state index contributed by atoms with van der Waals surface area (Å²) in [5.74, 6) is 0. The molecule has 18 heavy (non-hydrogen) atoms. The molecule has 1 aliphatic carbocycles. The molecule has 0 saturated carbocycles. The molecule has 0 radical (unpaired) electrons. The number of nitrogens with zero attached hydrogens (tertiary/aromatic N) is 1. The van der Waals surface area contributed by atoms with Crippen LogP contribution in [0.3, 0.4) is 0 Å². The average Bonchev–Trinajstić information content (AvgIpc) is 2.61. The number of hydrogen-bond donors (Lipinski definition) is 0. The number of fused-ring (bicyclic) bond motifs is 1. The first-order chi connectivity index (χ1) is 8.22. The quantitative estimate of drug-likeness (QED) is 0.731. The Hall–Kier alpha value is -0.383. The molecule has 1 aromatic heterocycles. The third-order valence-electron chi connectivity index (χ3n) is 4.24. The minimum absolute atomic E-state index is 0.139. The van der Waals surface area contributed by atoms with Gasteiger partial charge in [-0.1, -0.05) is 32.4 Å². The van der Waals surface area contributed by atoms with E-state index in [4.69, 9.17) is 16.0 Å². The van der Waals surface area contributed by atoms with Crippen molar-refractivity contribution in [3.63, 3.8) is 0 Å². The molecule has 0 fully saturated rings. The predicted octanol–water partition coefficient (Wildman–Crippen LogP) is 4.74. The molecule has 100 valence electrons. The van der Waals surface area contributed by atoms with Crippen LogP contribution in [0.15, 0.2) is 12.3 Å². The van der Waals surface area contributed by atoms with Gasteiger partial charge in [-0.05, 0) is 42.6 Å². The maximum Gasteiger partial charge on any atom is 0.192 e. The third-order valence-corrected chi connectivity index (χ3v) is 9.08. The lowest BCUT2D eigenvalue weighted by Gasteiger charge is -2.38. The lowest BCUT2D eigenvalue weighted by molar-refractivity contribution is 0.181. The molecule has 2 rings (SSSR count). The fraction of sp³-hybridized carbons (Fsp3) is 0.643. The summed E-state index contributed by atoms with van der Waals surface area (Å²) in [5.41, 5.74) is 2.25. The predicted molar refractivity (Wildman–Crippen MR) is 78.6 cm³/mol. The molecule has 0 N–H and O–H groups in total. The van der Waals surface area contributed by atoms with Crippen LogP contribution < -0.4 is 0 Å². The molecule has 1 heterocycles. The summed E-state index contributed by atoms with van der Waals surface area (Å²) in [6.45, 7) is 11.4. The van der Waals surface area contributed by atoms with E-state index in [1.165, 1.54) is 5.56 Å². The van der Waals surface area contributed by atoms with E-state index in [2.05, 4.69) is 38.8 Å². The number of pyridine rings is 1. The number of rotatable bonds is 2. The number of hydrogen-bond acceptors (Lipinski definition) is 2. The Morgan fingerprint density at radius 3 is 2.67 bits per heavy atom. The van der Waals surface area contributed by atoms with Crippen LogP contribution in [0.4, 0.5) is 0 Å². The van der Waals surface area contributed by atoms with Crippen molar-refractivity contribution in [2.75, 3.05) is 0 Å². The SMILES string of the molecule is CC(C)(C)[Si](C)(C)OC1CCc2c(Cl)ccnc21. The Balaban J connectivity index is 2.23. The van der Waals surface area contributed by atoms with Gasteiger partial charge in [0.15, 0.2) is 8.32 Å². The highest BCUT2D eigenvalue weighted by Crippen LogP contribution is 2.43. The van der Waals surface area contributed by atoms with Gasteiger partial charge in [0, 0.05) is 11.2 Å². The first-order valence-electron chi connectivity index (χ1n) is 6.53. The zero-order valence-corrected chi connectivity index (χ0v) is 13.6. The van der Waals surface area contributed by atoms with Crippen molar-refractivity contribution in [1.82, 2.24) is 4.98 Å². The first-order valence-corrected chi connectivity index (χ1v) is 9.82. The molecule has 1 unspecified atom stereocenters. The van der Waals surface area contributed by atoms with E-state index in [0.29, 0.717) is 0 Å². The fourth-order valence-corrected chi connectivity index (χ4v) is 3.61. The molecule has 4 heteroatoms. The monoisotopic (exact) mass is 283 g/mol. The smallest absolute Gasteiger partial charge is 0.192 e. The Labute approximate surface area is 116 Å². The number of aromatic nitrogens is 1. The van der Waals surface area contributed by atoms with Crippen LogP contribution in [0, 0.1) is 0 Å². The second kappa shape index (κ2) is 4.62. The molecule has 1 atom stereocenters. The Kier molecular flexibility index (Phi) is 3.60. The first kappa shape index (κ1) is 14.0. The van der Waals surface area contributed by atoms with Gasteiger partial charge in [-0.3, -0.25) is 4.98 Å². The van der Waals surface area contributed by atoms with Crippen molar-refractivity contribution >= 4 is 19.9 Å². The zero-order valence-electron chi connectivity index (χ0n) is 11.9. The molecule has 2 nitrogen and oxygen atoms in total. The molecule has 1 aromatic rings. The Morgan fingerprint density at radius 2 is 2.06 bits per heavy atom. The minimum Gasteiger partial charge on any atom is -0.408 e. The van der Waals surface area contributed by atoms with E-state index in [1.807, 2.05) is 6.07 Å². The van der Waals surface area contributed by atoms with E-state index in [-0.39, 0.29) is 11.1 Å². The molecular weight excluding hydrogens is 262 g/mol. The molecule has 0 aromatic carbocycles. The summed E-state index contributed by atoms with van der Waals surface area (Å²) in [4.78, 5) is 4.48. The van der Waals surface area contributed by atoms with Gasteiger partial charge in [-0.15, -0.1) is 0 Å². The maximum absolute atomic E-state index is 6.46. The summed E-state index contributed by atoms with van der Waals surface area (Å²) in [7, 11) is -1.74. The average molecular weight is 284 g/mol. The van der Waals surface area contributed by atoms with E-state index in [0.717, 1.165) is 23.6 Å². The molecule has 0 aliphatic heterocycles. The van der Waals surface area contributed by atoms with Gasteiger partial charge < -0.3 is 4.43 Å². The molecule has 1 aliphatic rings. The normalized spacial score (nSPS) is 20.0. The van der Waals surface area contributed by atoms with Crippen LogP contribution in [-0.4, -0.2) is 13.3 Å². The highest BCUT2D eigenvalue weighted by atomic mass is 35.5. The second-order valence-corrected chi connectivity index (χ2v) is 11.7. The third kappa shape index (κ3) is 2.49. The minimum atomic E-state index is -1.74. The van der Waals surface area contributed by atoms with Crippen molar-refractivity contribution in [3.05, 3.63) is 28.5 Å². The zero-order chi connectivity index (χ0) is 13.6. The van der Waals surface area contributed by atoms with Crippen molar-refractivity contribution < 1.29 is 4.43 Å². The number of halogens is 1. The van der Waals surface area contributed by atoms with Crippen LogP contribution in [0.1, 0.15) is 44.6 Å². The van der Waals surface area contributed by atoms with Crippen molar-refractivity contribution in [1.29, 1.82) is 0 Å². The van der Waals surface area contributed by atoms with Crippen LogP contribution in [-0.2, 0) is 10.8 Å². The van der Waals surface area contributed by atoms with E-state index in [1.54, 1.807) is 6.20 Å². The second-order valence-electron chi connectivity index (χ2n) is 6.56. The Bertz CT molecular complexity index is 454. The van der Waals surface area contributed by atoms with Gasteiger partial charge >= 0.3 is 0 Å². The van der Waals surface area contributed by atoms with Crippen molar-refractivity contribution in [3.8, 4) is 0 Å². The van der Waals surface area contributed by atoms with Gasteiger partial charge in [0.1, 0.15) is 0 Å². The van der Waals surface area contributed by atoms with Gasteiger partial charge in [-0.2, -0.15) is 0 Å².